The van der Waals surface area contributed by atoms with Crippen molar-refractivity contribution in [3.05, 3.63) is 35.9 Å². The summed E-state index contributed by atoms with van der Waals surface area (Å²) in [7, 11) is 5.86. The normalized spacial score (nSPS) is 19.6. The molecule has 1 aromatic rings. The van der Waals surface area contributed by atoms with E-state index in [-0.39, 0.29) is 36.1 Å². The molecule has 1 aliphatic heterocycles. The number of likely N-dealkylation sites (tertiary alicyclic amines) is 1. The molecular formula is C40H66FN5O8. The molecule has 0 unspecified atom stereocenters. The molecule has 0 aromatic heterocycles. The quantitative estimate of drug-likeness (QED) is 0.131. The zero-order valence-electron chi connectivity index (χ0n) is 34.4. The first kappa shape index (κ1) is 46.5. The highest BCUT2D eigenvalue weighted by Gasteiger charge is 2.43. The highest BCUT2D eigenvalue weighted by atomic mass is 19.1. The van der Waals surface area contributed by atoms with Gasteiger partial charge in [0.1, 0.15) is 12.1 Å². The summed E-state index contributed by atoms with van der Waals surface area (Å²) in [5.41, 5.74) is 0.688. The van der Waals surface area contributed by atoms with E-state index in [1.165, 1.54) is 26.2 Å². The molecule has 0 aliphatic carbocycles. The average Bonchev–Trinajstić information content (AvgIpc) is 3.62. The summed E-state index contributed by atoms with van der Waals surface area (Å²) in [6.07, 6.45) is -2.03. The van der Waals surface area contributed by atoms with E-state index in [2.05, 4.69) is 10.6 Å². The van der Waals surface area contributed by atoms with Crippen LogP contribution in [0.25, 0.3) is 0 Å². The highest BCUT2D eigenvalue weighted by Crippen LogP contribution is 2.30. The van der Waals surface area contributed by atoms with E-state index in [0.717, 1.165) is 11.3 Å². The second-order valence-electron chi connectivity index (χ2n) is 15.5. The number of carbonyl (C=O) groups is 5. The van der Waals surface area contributed by atoms with Crippen molar-refractivity contribution in [1.82, 2.24) is 25.3 Å². The van der Waals surface area contributed by atoms with E-state index in [0.29, 0.717) is 24.9 Å². The summed E-state index contributed by atoms with van der Waals surface area (Å²) in [6.45, 7) is 14.9. The lowest BCUT2D eigenvalue weighted by Crippen LogP contribution is -2.60. The Bertz CT molecular complexity index is 1380. The van der Waals surface area contributed by atoms with Gasteiger partial charge in [0.05, 0.1) is 48.8 Å². The van der Waals surface area contributed by atoms with Crippen LogP contribution in [0.3, 0.4) is 0 Å². The van der Waals surface area contributed by atoms with Crippen molar-refractivity contribution in [3.8, 4) is 0 Å². The molecule has 1 aromatic carbocycles. The van der Waals surface area contributed by atoms with Gasteiger partial charge in [0.25, 0.3) is 0 Å². The summed E-state index contributed by atoms with van der Waals surface area (Å²) in [5.74, 6) is -3.09. The summed E-state index contributed by atoms with van der Waals surface area (Å²) < 4.78 is 25.5. The molecule has 1 aliphatic rings. The zero-order valence-corrected chi connectivity index (χ0v) is 34.4. The number of likely N-dealkylation sites (N-methyl/N-ethyl adjacent to an activating group) is 2. The minimum Gasteiger partial charge on any atom is -0.386 e. The van der Waals surface area contributed by atoms with Crippen molar-refractivity contribution in [3.63, 3.8) is 0 Å². The minimum absolute atomic E-state index is 0.0471. The minimum atomic E-state index is -1.75. The number of aliphatic hydroxyl groups is 1. The van der Waals surface area contributed by atoms with Gasteiger partial charge in [-0.2, -0.15) is 0 Å². The van der Waals surface area contributed by atoms with Gasteiger partial charge in [-0.05, 0) is 43.1 Å². The topological polar surface area (TPSA) is 158 Å². The van der Waals surface area contributed by atoms with Crippen LogP contribution in [0, 0.1) is 23.7 Å². The van der Waals surface area contributed by atoms with Gasteiger partial charge >= 0.3 is 6.16 Å². The number of aliphatic hydroxyl groups excluding tert-OH is 1. The first-order valence-electron chi connectivity index (χ1n) is 19.2. The molecule has 5 amide bonds. The van der Waals surface area contributed by atoms with Crippen LogP contribution in [0.4, 0.5) is 9.18 Å². The third-order valence-electron chi connectivity index (χ3n) is 11.1. The number of nitrogens with one attached hydrogen (secondary N) is 2. The van der Waals surface area contributed by atoms with Crippen molar-refractivity contribution in [1.29, 1.82) is 0 Å². The monoisotopic (exact) mass is 763 g/mol. The number of nitrogens with zero attached hydrogens (tertiary/aromatic N) is 3. The number of halogens is 1. The van der Waals surface area contributed by atoms with Crippen molar-refractivity contribution in [2.24, 2.45) is 23.7 Å². The molecule has 2 rings (SSSR count). The van der Waals surface area contributed by atoms with Crippen molar-refractivity contribution in [2.45, 2.75) is 130 Å². The fourth-order valence-corrected chi connectivity index (χ4v) is 7.69. The Kier molecular flexibility index (Phi) is 18.5. The van der Waals surface area contributed by atoms with Crippen LogP contribution in [0.5, 0.6) is 0 Å². The number of benzene rings is 1. The van der Waals surface area contributed by atoms with Gasteiger partial charge < -0.3 is 39.9 Å². The Hall–Kier alpha value is -3.62. The van der Waals surface area contributed by atoms with Crippen LogP contribution in [0.15, 0.2) is 30.3 Å². The van der Waals surface area contributed by atoms with E-state index in [9.17, 15) is 33.5 Å². The van der Waals surface area contributed by atoms with Gasteiger partial charge in [0.15, 0.2) is 0 Å². The number of hydrogen-bond acceptors (Lipinski definition) is 8. The van der Waals surface area contributed by atoms with Gasteiger partial charge in [0, 0.05) is 34.9 Å². The summed E-state index contributed by atoms with van der Waals surface area (Å²) >= 11 is 0. The van der Waals surface area contributed by atoms with Crippen LogP contribution in [-0.4, -0.2) is 127 Å². The molecule has 1 heterocycles. The van der Waals surface area contributed by atoms with Gasteiger partial charge in [-0.15, -0.1) is 4.39 Å². The lowest BCUT2D eigenvalue weighted by molar-refractivity contribution is -0.148. The Morgan fingerprint density at radius 2 is 1.52 bits per heavy atom. The smallest absolute Gasteiger partial charge is 0.386 e. The maximum Gasteiger partial charge on any atom is 0.400 e. The molecule has 54 heavy (non-hydrogen) atoms. The largest absolute Gasteiger partial charge is 0.400 e. The Morgan fingerprint density at radius 1 is 0.907 bits per heavy atom. The Balaban J connectivity index is 2.27. The molecule has 306 valence electrons. The molecule has 0 saturated carbocycles. The van der Waals surface area contributed by atoms with Crippen molar-refractivity contribution in [2.75, 3.05) is 34.9 Å². The number of ether oxygens (including phenoxy) is 2. The molecule has 0 radical (unpaired) electrons. The molecule has 13 nitrogen and oxygen atoms in total. The van der Waals surface area contributed by atoms with Crippen LogP contribution >= 0.6 is 0 Å². The van der Waals surface area contributed by atoms with E-state index in [1.807, 2.05) is 32.0 Å². The van der Waals surface area contributed by atoms with Gasteiger partial charge in [-0.1, -0.05) is 85.2 Å². The highest BCUT2D eigenvalue weighted by molar-refractivity contribution is 5.91. The third kappa shape index (κ3) is 11.7. The van der Waals surface area contributed by atoms with Crippen LogP contribution in [0.1, 0.15) is 92.7 Å². The maximum absolute atomic E-state index is 14.2. The number of amides is 5. The lowest BCUT2D eigenvalue weighted by atomic mass is 9.89. The first-order valence-corrected chi connectivity index (χ1v) is 19.2. The molecule has 3 N–H and O–H groups in total. The SMILES string of the molecule is CC[C@H](C)[C@@H]([C@@H](CC(=O)N1CCC[C@H]1[C@H](OC)[C@@H](C)C(=O)N[C@H](C)[C@@H](O)c1ccccc1)OC)N(C)C(=O)[C@@H](NC(=O)[C@H](C(C)C)N(C)C(=O)F)C(C)C. The van der Waals surface area contributed by atoms with Gasteiger partial charge in [-0.3, -0.25) is 19.2 Å². The van der Waals surface area contributed by atoms with Crippen molar-refractivity contribution >= 4 is 29.8 Å². The van der Waals surface area contributed by atoms with Crippen LogP contribution < -0.4 is 10.6 Å². The van der Waals surface area contributed by atoms with E-state index >= 15 is 0 Å². The molecule has 0 bridgehead atoms. The van der Waals surface area contributed by atoms with E-state index < -0.39 is 72.3 Å². The van der Waals surface area contributed by atoms with Crippen LogP contribution in [-0.2, 0) is 28.7 Å². The molecule has 14 heteroatoms. The fourth-order valence-electron chi connectivity index (χ4n) is 7.69. The van der Waals surface area contributed by atoms with Gasteiger partial charge in [-0.25, -0.2) is 4.79 Å². The molecule has 0 spiro atoms. The standard InChI is InChI=1S/C40H66FN5O8/c1-13-25(6)34(44(9)39(51)32(23(2)3)43-38(50)33(24(4)5)45(10)40(41)52)30(53-11)22-31(47)46-21-17-20-29(46)36(54-12)26(7)37(49)42-27(8)35(48)28-18-15-14-16-19-28/h14-16,18-19,23-27,29-30,32-36,48H,13,17,20-22H2,1-12H3,(H,42,49)(H,43,50)/t25-,26+,27+,29-,30+,32-,33-,34-,35+,36+/m0/s1. The molecule has 1 saturated heterocycles. The summed E-state index contributed by atoms with van der Waals surface area (Å²) in [6, 6.07) is 5.45. The average molecular weight is 764 g/mol. The first-order chi connectivity index (χ1) is 25.3. The fraction of sp³-hybridized carbons (Fsp3) is 0.725. The second kappa shape index (κ2) is 21.5. The number of rotatable bonds is 20. The third-order valence-corrected chi connectivity index (χ3v) is 11.1. The maximum atomic E-state index is 14.2. The van der Waals surface area contributed by atoms with Crippen molar-refractivity contribution < 1.29 is 42.9 Å². The lowest BCUT2D eigenvalue weighted by Gasteiger charge is -2.41. The molecule has 10 atom stereocenters. The summed E-state index contributed by atoms with van der Waals surface area (Å²) in [4.78, 5) is 70.7. The van der Waals surface area contributed by atoms with E-state index in [4.69, 9.17) is 9.47 Å². The molecule has 1 fully saturated rings. The second-order valence-corrected chi connectivity index (χ2v) is 15.5. The predicted molar refractivity (Wildman–Crippen MR) is 205 cm³/mol. The predicted octanol–water partition coefficient (Wildman–Crippen LogP) is 4.33. The summed E-state index contributed by atoms with van der Waals surface area (Å²) in [5, 5.41) is 16.5. The Labute approximate surface area is 321 Å². The van der Waals surface area contributed by atoms with Gasteiger partial charge in [0.2, 0.25) is 23.6 Å². The number of methoxy groups -OCH3 is 2. The number of carbonyl (C=O) groups excluding carboxylic acids is 5. The Morgan fingerprint density at radius 3 is 2.02 bits per heavy atom. The van der Waals surface area contributed by atoms with E-state index in [1.54, 1.807) is 65.6 Å². The zero-order chi connectivity index (χ0) is 41.0. The number of hydrogen-bond donors (Lipinski definition) is 3. The van der Waals surface area contributed by atoms with Crippen LogP contribution in [0.2, 0.25) is 0 Å². The molecular weight excluding hydrogens is 697 g/mol.